The first-order valence-corrected chi connectivity index (χ1v) is 8.32. The highest BCUT2D eigenvalue weighted by molar-refractivity contribution is 4.97. The van der Waals surface area contributed by atoms with E-state index in [0.29, 0.717) is 29.5 Å². The molecular weight excluding hydrogens is 248 g/mol. The molecule has 2 saturated heterocycles. The van der Waals surface area contributed by atoms with Gasteiger partial charge in [-0.3, -0.25) is 0 Å². The fourth-order valence-electron chi connectivity index (χ4n) is 4.38. The van der Waals surface area contributed by atoms with Crippen LogP contribution in [-0.4, -0.2) is 38.4 Å². The van der Waals surface area contributed by atoms with E-state index in [4.69, 9.17) is 4.74 Å². The maximum Gasteiger partial charge on any atom is 0.0727 e. The molecule has 0 aromatic rings. The molecule has 20 heavy (non-hydrogen) atoms. The van der Waals surface area contributed by atoms with E-state index in [2.05, 4.69) is 45.3 Å². The third kappa shape index (κ3) is 3.55. The largest absolute Gasteiger partial charge is 0.380 e. The van der Waals surface area contributed by atoms with Crippen molar-refractivity contribution in [2.45, 2.75) is 65.6 Å². The zero-order valence-corrected chi connectivity index (χ0v) is 14.2. The van der Waals surface area contributed by atoms with E-state index < -0.39 is 0 Å². The van der Waals surface area contributed by atoms with Gasteiger partial charge in [0.1, 0.15) is 0 Å². The lowest BCUT2D eigenvalue weighted by Gasteiger charge is -2.50. The van der Waals surface area contributed by atoms with Crippen molar-refractivity contribution in [1.29, 1.82) is 0 Å². The van der Waals surface area contributed by atoms with Gasteiger partial charge in [0, 0.05) is 25.7 Å². The van der Waals surface area contributed by atoms with E-state index in [1.807, 2.05) is 7.11 Å². The van der Waals surface area contributed by atoms with E-state index in [1.54, 1.807) is 0 Å². The molecular formula is C17H34N2O. The summed E-state index contributed by atoms with van der Waals surface area (Å²) in [6.45, 7) is 14.0. The van der Waals surface area contributed by atoms with E-state index in [1.165, 1.54) is 12.8 Å². The molecule has 0 aliphatic carbocycles. The van der Waals surface area contributed by atoms with Crippen molar-refractivity contribution < 1.29 is 4.74 Å². The first-order valence-electron chi connectivity index (χ1n) is 8.32. The molecule has 2 aliphatic heterocycles. The molecule has 2 N–H and O–H groups in total. The number of ether oxygens (including phenoxy) is 1. The zero-order valence-electron chi connectivity index (χ0n) is 14.2. The third-order valence-electron chi connectivity index (χ3n) is 5.56. The maximum absolute atomic E-state index is 5.82. The molecule has 2 aliphatic rings. The summed E-state index contributed by atoms with van der Waals surface area (Å²) in [7, 11) is 1.88. The van der Waals surface area contributed by atoms with Gasteiger partial charge in [0.05, 0.1) is 6.10 Å². The van der Waals surface area contributed by atoms with Crippen LogP contribution in [0.25, 0.3) is 0 Å². The van der Waals surface area contributed by atoms with Crippen molar-refractivity contribution >= 4 is 0 Å². The van der Waals surface area contributed by atoms with Gasteiger partial charge in [-0.2, -0.15) is 0 Å². The number of methoxy groups -OCH3 is 1. The van der Waals surface area contributed by atoms with Crippen molar-refractivity contribution in [2.24, 2.45) is 23.2 Å². The lowest BCUT2D eigenvalue weighted by molar-refractivity contribution is -0.0442. The minimum Gasteiger partial charge on any atom is -0.380 e. The van der Waals surface area contributed by atoms with Crippen molar-refractivity contribution in [3.05, 3.63) is 0 Å². The van der Waals surface area contributed by atoms with Gasteiger partial charge in [0.15, 0.2) is 0 Å². The maximum atomic E-state index is 5.82. The average Bonchev–Trinajstić information content (AvgIpc) is 2.37. The third-order valence-corrected chi connectivity index (χ3v) is 5.56. The van der Waals surface area contributed by atoms with Crippen molar-refractivity contribution in [2.75, 3.05) is 20.2 Å². The molecule has 0 amide bonds. The number of nitrogens with one attached hydrogen (secondary N) is 2. The zero-order chi connectivity index (χ0) is 14.9. The molecule has 2 rings (SSSR count). The van der Waals surface area contributed by atoms with E-state index in [-0.39, 0.29) is 0 Å². The number of piperidine rings is 2. The standard InChI is InChI=1S/C17H34N2O/c1-11-7-13(15(9-18-11)17(3,4)5)14-8-12(2)19-10-16(14)20-6/h11-16,18-19H,7-10H2,1-6H3. The molecule has 2 heterocycles. The SMILES string of the molecule is COC1CNC(C)CC1C1CC(C)NCC1C(C)(C)C. The minimum atomic E-state index is 0.365. The monoisotopic (exact) mass is 282 g/mol. The highest BCUT2D eigenvalue weighted by atomic mass is 16.5. The molecule has 0 radical (unpaired) electrons. The first-order chi connectivity index (χ1) is 9.32. The smallest absolute Gasteiger partial charge is 0.0727 e. The van der Waals surface area contributed by atoms with E-state index in [0.717, 1.165) is 24.9 Å². The summed E-state index contributed by atoms with van der Waals surface area (Å²) < 4.78 is 5.82. The highest BCUT2D eigenvalue weighted by Gasteiger charge is 2.44. The van der Waals surface area contributed by atoms with Crippen LogP contribution in [-0.2, 0) is 4.74 Å². The van der Waals surface area contributed by atoms with Crippen LogP contribution in [0.1, 0.15) is 47.5 Å². The summed E-state index contributed by atoms with van der Waals surface area (Å²) in [6, 6.07) is 1.26. The summed E-state index contributed by atoms with van der Waals surface area (Å²) in [4.78, 5) is 0. The molecule has 3 heteroatoms. The predicted octanol–water partition coefficient (Wildman–Crippen LogP) is 2.66. The van der Waals surface area contributed by atoms with Gasteiger partial charge >= 0.3 is 0 Å². The molecule has 0 aromatic carbocycles. The van der Waals surface area contributed by atoms with Gasteiger partial charge in [-0.1, -0.05) is 20.8 Å². The molecule has 6 unspecified atom stereocenters. The van der Waals surface area contributed by atoms with Gasteiger partial charge in [0.2, 0.25) is 0 Å². The number of hydrogen-bond donors (Lipinski definition) is 2. The quantitative estimate of drug-likeness (QED) is 0.817. The normalized spacial score (nSPS) is 43.5. The van der Waals surface area contributed by atoms with Gasteiger partial charge in [-0.05, 0) is 56.4 Å². The van der Waals surface area contributed by atoms with Crippen LogP contribution in [0.15, 0.2) is 0 Å². The molecule has 2 fully saturated rings. The second-order valence-corrected chi connectivity index (χ2v) is 8.16. The highest BCUT2D eigenvalue weighted by Crippen LogP contribution is 2.43. The van der Waals surface area contributed by atoms with Crippen LogP contribution >= 0.6 is 0 Å². The first kappa shape index (κ1) is 16.3. The molecule has 6 atom stereocenters. The fraction of sp³-hybridized carbons (Fsp3) is 1.00. The average molecular weight is 282 g/mol. The Morgan fingerprint density at radius 1 is 0.900 bits per heavy atom. The van der Waals surface area contributed by atoms with Crippen LogP contribution in [0.5, 0.6) is 0 Å². The van der Waals surface area contributed by atoms with Gasteiger partial charge < -0.3 is 15.4 Å². The van der Waals surface area contributed by atoms with Crippen molar-refractivity contribution in [3.8, 4) is 0 Å². The second-order valence-electron chi connectivity index (χ2n) is 8.16. The Bertz CT molecular complexity index is 313. The predicted molar refractivity (Wildman–Crippen MR) is 84.9 cm³/mol. The summed E-state index contributed by atoms with van der Waals surface area (Å²) in [6.07, 6.45) is 2.92. The number of rotatable bonds is 2. The van der Waals surface area contributed by atoms with Gasteiger partial charge in [-0.25, -0.2) is 0 Å². The van der Waals surface area contributed by atoms with Crippen LogP contribution < -0.4 is 10.6 Å². The molecule has 0 bridgehead atoms. The van der Waals surface area contributed by atoms with E-state index >= 15 is 0 Å². The van der Waals surface area contributed by atoms with Crippen LogP contribution in [0.2, 0.25) is 0 Å². The summed E-state index contributed by atoms with van der Waals surface area (Å²) in [5.41, 5.74) is 0.365. The Kier molecular flexibility index (Phi) is 5.14. The lowest BCUT2D eigenvalue weighted by Crippen LogP contribution is -2.56. The van der Waals surface area contributed by atoms with E-state index in [9.17, 15) is 0 Å². The summed E-state index contributed by atoms with van der Waals surface area (Å²) in [5, 5.41) is 7.27. The van der Waals surface area contributed by atoms with Gasteiger partial charge in [-0.15, -0.1) is 0 Å². The Hall–Kier alpha value is -0.120. The Labute approximate surface area is 125 Å². The second kappa shape index (κ2) is 6.33. The Balaban J connectivity index is 2.19. The molecule has 0 saturated carbocycles. The van der Waals surface area contributed by atoms with Crippen molar-refractivity contribution in [3.63, 3.8) is 0 Å². The lowest BCUT2D eigenvalue weighted by atomic mass is 9.62. The Morgan fingerprint density at radius 2 is 1.45 bits per heavy atom. The van der Waals surface area contributed by atoms with Crippen molar-refractivity contribution in [1.82, 2.24) is 10.6 Å². The molecule has 0 spiro atoms. The topological polar surface area (TPSA) is 33.3 Å². The molecule has 0 aromatic heterocycles. The minimum absolute atomic E-state index is 0.365. The summed E-state index contributed by atoms with van der Waals surface area (Å²) in [5.74, 6) is 2.22. The Morgan fingerprint density at radius 3 is 2.00 bits per heavy atom. The fourth-order valence-corrected chi connectivity index (χ4v) is 4.38. The van der Waals surface area contributed by atoms with Crippen LogP contribution in [0.3, 0.4) is 0 Å². The van der Waals surface area contributed by atoms with Crippen LogP contribution in [0, 0.1) is 23.2 Å². The van der Waals surface area contributed by atoms with Gasteiger partial charge in [0.25, 0.3) is 0 Å². The number of hydrogen-bond acceptors (Lipinski definition) is 3. The molecule has 118 valence electrons. The molecule has 3 nitrogen and oxygen atoms in total. The van der Waals surface area contributed by atoms with Crippen LogP contribution in [0.4, 0.5) is 0 Å². The summed E-state index contributed by atoms with van der Waals surface area (Å²) >= 11 is 0.